The standard InChI is InChI=1S/C29H27N3O3/c33-28-25(27(21-12-6-2-7-13-21)31-32(28)23-14-8-3-9-15-23)19-30-26-18-22(16-17-24(26)29(34)35)20-10-4-1-5-11-20/h2-3,6-9,12-20,31H,1,4-5,10-11H2,(H,34,35). The summed E-state index contributed by atoms with van der Waals surface area (Å²) in [5.41, 5.74) is 3.91. The summed E-state index contributed by atoms with van der Waals surface area (Å²) in [6.45, 7) is 0. The highest BCUT2D eigenvalue weighted by Gasteiger charge is 2.19. The molecular formula is C29H27N3O3. The number of rotatable bonds is 6. The molecule has 1 aliphatic rings. The Kier molecular flexibility index (Phi) is 6.44. The fourth-order valence-electron chi connectivity index (χ4n) is 4.81. The van der Waals surface area contributed by atoms with E-state index in [0.717, 1.165) is 24.0 Å². The topological polar surface area (TPSA) is 87.4 Å². The molecule has 4 aromatic rings. The van der Waals surface area contributed by atoms with Crippen LogP contribution in [0.5, 0.6) is 0 Å². The normalized spacial score (nSPS) is 14.4. The summed E-state index contributed by atoms with van der Waals surface area (Å²) in [5.74, 6) is -0.616. The van der Waals surface area contributed by atoms with Gasteiger partial charge in [0.25, 0.3) is 5.56 Å². The number of hydrogen-bond acceptors (Lipinski definition) is 3. The molecule has 1 fully saturated rings. The Morgan fingerprint density at radius 1 is 0.943 bits per heavy atom. The van der Waals surface area contributed by atoms with Gasteiger partial charge in [-0.3, -0.25) is 14.9 Å². The van der Waals surface area contributed by atoms with Crippen LogP contribution in [0.25, 0.3) is 16.9 Å². The van der Waals surface area contributed by atoms with Gasteiger partial charge >= 0.3 is 5.97 Å². The monoisotopic (exact) mass is 465 g/mol. The van der Waals surface area contributed by atoms with Crippen LogP contribution < -0.4 is 5.56 Å². The van der Waals surface area contributed by atoms with Gasteiger partial charge < -0.3 is 5.11 Å². The Morgan fingerprint density at radius 2 is 1.63 bits per heavy atom. The van der Waals surface area contributed by atoms with Crippen molar-refractivity contribution >= 4 is 17.9 Å². The number of nitrogens with one attached hydrogen (secondary N) is 1. The molecule has 1 saturated carbocycles. The molecule has 0 amide bonds. The number of benzene rings is 3. The Bertz CT molecular complexity index is 1410. The fraction of sp³-hybridized carbons (Fsp3) is 0.207. The molecule has 0 radical (unpaired) electrons. The number of aromatic carboxylic acids is 1. The van der Waals surface area contributed by atoms with Crippen molar-refractivity contribution in [2.75, 3.05) is 0 Å². The molecule has 0 spiro atoms. The third-order valence-electron chi connectivity index (χ3n) is 6.66. The Hall–Kier alpha value is -4.19. The van der Waals surface area contributed by atoms with Gasteiger partial charge in [0.1, 0.15) is 0 Å². The van der Waals surface area contributed by atoms with E-state index in [1.54, 1.807) is 6.07 Å². The predicted octanol–water partition coefficient (Wildman–Crippen LogP) is 6.33. The van der Waals surface area contributed by atoms with Gasteiger partial charge in [0.05, 0.1) is 28.2 Å². The quantitative estimate of drug-likeness (QED) is 0.326. The van der Waals surface area contributed by atoms with E-state index in [1.807, 2.05) is 72.8 Å². The zero-order chi connectivity index (χ0) is 24.2. The van der Waals surface area contributed by atoms with Crippen LogP contribution in [0.1, 0.15) is 59.5 Å². The van der Waals surface area contributed by atoms with Crippen molar-refractivity contribution in [2.24, 2.45) is 4.99 Å². The van der Waals surface area contributed by atoms with E-state index in [-0.39, 0.29) is 11.1 Å². The molecule has 2 N–H and O–H groups in total. The van der Waals surface area contributed by atoms with Gasteiger partial charge in [-0.1, -0.05) is 73.9 Å². The lowest BCUT2D eigenvalue weighted by atomic mass is 9.83. The lowest BCUT2D eigenvalue weighted by Crippen LogP contribution is -2.17. The zero-order valence-corrected chi connectivity index (χ0v) is 19.4. The van der Waals surface area contributed by atoms with Gasteiger partial charge in [-0.05, 0) is 48.6 Å². The first kappa shape index (κ1) is 22.6. The maximum atomic E-state index is 13.4. The minimum Gasteiger partial charge on any atom is -0.478 e. The minimum absolute atomic E-state index is 0.126. The smallest absolute Gasteiger partial charge is 0.337 e. The molecule has 0 atom stereocenters. The van der Waals surface area contributed by atoms with E-state index >= 15 is 0 Å². The average molecular weight is 466 g/mol. The molecule has 3 aromatic carbocycles. The summed E-state index contributed by atoms with van der Waals surface area (Å²) in [6, 6.07) is 24.3. The van der Waals surface area contributed by atoms with Crippen LogP contribution >= 0.6 is 0 Å². The Balaban J connectivity index is 1.61. The summed E-state index contributed by atoms with van der Waals surface area (Å²) in [6.07, 6.45) is 7.32. The number of aromatic nitrogens is 2. The zero-order valence-electron chi connectivity index (χ0n) is 19.4. The van der Waals surface area contributed by atoms with E-state index in [1.165, 1.54) is 30.2 Å². The van der Waals surface area contributed by atoms with Crippen LogP contribution in [0.15, 0.2) is 88.6 Å². The number of carbonyl (C=O) groups is 1. The molecule has 0 aliphatic heterocycles. The first-order valence-corrected chi connectivity index (χ1v) is 12.0. The average Bonchev–Trinajstić information content (AvgIpc) is 3.24. The molecule has 1 aliphatic carbocycles. The highest BCUT2D eigenvalue weighted by Crippen LogP contribution is 2.35. The van der Waals surface area contributed by atoms with Gasteiger partial charge in [0.15, 0.2) is 0 Å². The van der Waals surface area contributed by atoms with Crippen molar-refractivity contribution in [1.82, 2.24) is 9.78 Å². The Morgan fingerprint density at radius 3 is 2.31 bits per heavy atom. The highest BCUT2D eigenvalue weighted by molar-refractivity contribution is 5.96. The van der Waals surface area contributed by atoms with Crippen molar-refractivity contribution in [3.8, 4) is 16.9 Å². The van der Waals surface area contributed by atoms with Crippen LogP contribution in [-0.4, -0.2) is 27.1 Å². The van der Waals surface area contributed by atoms with E-state index < -0.39 is 5.97 Å². The van der Waals surface area contributed by atoms with Gasteiger partial charge in [0, 0.05) is 11.8 Å². The van der Waals surface area contributed by atoms with Crippen LogP contribution in [0.2, 0.25) is 0 Å². The van der Waals surface area contributed by atoms with Crippen molar-refractivity contribution < 1.29 is 9.90 Å². The van der Waals surface area contributed by atoms with E-state index in [0.29, 0.717) is 28.6 Å². The number of carboxylic acid groups (broad SMARTS) is 1. The fourth-order valence-corrected chi connectivity index (χ4v) is 4.81. The summed E-state index contributed by atoms with van der Waals surface area (Å²) >= 11 is 0. The molecular weight excluding hydrogens is 438 g/mol. The van der Waals surface area contributed by atoms with Gasteiger partial charge in [-0.15, -0.1) is 0 Å². The summed E-state index contributed by atoms with van der Waals surface area (Å²) in [5, 5.41) is 13.0. The van der Waals surface area contributed by atoms with Crippen LogP contribution in [-0.2, 0) is 0 Å². The molecule has 1 aromatic heterocycles. The summed E-state index contributed by atoms with van der Waals surface area (Å²) in [4.78, 5) is 29.9. The molecule has 35 heavy (non-hydrogen) atoms. The summed E-state index contributed by atoms with van der Waals surface area (Å²) < 4.78 is 1.49. The maximum absolute atomic E-state index is 13.4. The molecule has 6 nitrogen and oxygen atoms in total. The van der Waals surface area contributed by atoms with Gasteiger partial charge in [-0.25, -0.2) is 9.48 Å². The van der Waals surface area contributed by atoms with Crippen LogP contribution in [0.4, 0.5) is 5.69 Å². The van der Waals surface area contributed by atoms with Crippen LogP contribution in [0, 0.1) is 0 Å². The maximum Gasteiger partial charge on any atom is 0.337 e. The highest BCUT2D eigenvalue weighted by atomic mass is 16.4. The third-order valence-corrected chi connectivity index (χ3v) is 6.66. The number of nitrogens with zero attached hydrogens (tertiary/aromatic N) is 2. The molecule has 176 valence electrons. The van der Waals surface area contributed by atoms with Gasteiger partial charge in [-0.2, -0.15) is 0 Å². The minimum atomic E-state index is -1.04. The lowest BCUT2D eigenvalue weighted by molar-refractivity contribution is 0.0698. The number of H-pyrrole nitrogens is 1. The molecule has 6 heteroatoms. The summed E-state index contributed by atoms with van der Waals surface area (Å²) in [7, 11) is 0. The van der Waals surface area contributed by atoms with E-state index in [9.17, 15) is 14.7 Å². The number of hydrogen-bond donors (Lipinski definition) is 2. The molecule has 0 unspecified atom stereocenters. The molecule has 1 heterocycles. The lowest BCUT2D eigenvalue weighted by Gasteiger charge is -2.22. The SMILES string of the molecule is O=C(O)c1ccc(C2CCCCC2)cc1N=Cc1c(-c2ccccc2)[nH]n(-c2ccccc2)c1=O. The predicted molar refractivity (Wildman–Crippen MR) is 138 cm³/mol. The van der Waals surface area contributed by atoms with Gasteiger partial charge in [0.2, 0.25) is 0 Å². The first-order valence-electron chi connectivity index (χ1n) is 12.0. The molecule has 0 bridgehead atoms. The van der Waals surface area contributed by atoms with Crippen molar-refractivity contribution in [3.05, 3.63) is 106 Å². The number of para-hydroxylation sites is 1. The van der Waals surface area contributed by atoms with E-state index in [4.69, 9.17) is 0 Å². The largest absolute Gasteiger partial charge is 0.478 e. The Labute approximate surface area is 203 Å². The second-order valence-electron chi connectivity index (χ2n) is 8.92. The second kappa shape index (κ2) is 9.97. The van der Waals surface area contributed by atoms with Crippen molar-refractivity contribution in [2.45, 2.75) is 38.0 Å². The second-order valence-corrected chi connectivity index (χ2v) is 8.92. The number of aromatic amines is 1. The van der Waals surface area contributed by atoms with Crippen molar-refractivity contribution in [1.29, 1.82) is 0 Å². The van der Waals surface area contributed by atoms with Crippen LogP contribution in [0.3, 0.4) is 0 Å². The molecule has 5 rings (SSSR count). The number of aliphatic imine (C=N–C) groups is 1. The first-order chi connectivity index (χ1) is 17.1. The van der Waals surface area contributed by atoms with Crippen molar-refractivity contribution in [3.63, 3.8) is 0 Å². The third kappa shape index (κ3) is 4.73. The molecule has 0 saturated heterocycles. The van der Waals surface area contributed by atoms with E-state index in [2.05, 4.69) is 10.1 Å². The number of carboxylic acids is 1.